The van der Waals surface area contributed by atoms with Gasteiger partial charge in [0.05, 0.1) is 10.3 Å². The van der Waals surface area contributed by atoms with Crippen LogP contribution in [0.4, 0.5) is 10.1 Å². The maximum atomic E-state index is 13.1. The fourth-order valence-corrected chi connectivity index (χ4v) is 5.12. The lowest BCUT2D eigenvalue weighted by Crippen LogP contribution is -2.49. The Morgan fingerprint density at radius 1 is 1.12 bits per heavy atom. The van der Waals surface area contributed by atoms with Gasteiger partial charge in [-0.1, -0.05) is 26.0 Å². The second kappa shape index (κ2) is 8.63. The Morgan fingerprint density at radius 2 is 1.75 bits per heavy atom. The number of halogens is 1. The van der Waals surface area contributed by atoms with Crippen molar-refractivity contribution in [3.8, 4) is 0 Å². The zero-order valence-corrected chi connectivity index (χ0v) is 19.6. The van der Waals surface area contributed by atoms with E-state index in [1.807, 2.05) is 0 Å². The second-order valence-electron chi connectivity index (χ2n) is 8.86. The van der Waals surface area contributed by atoms with Crippen molar-refractivity contribution in [2.75, 3.05) is 11.9 Å². The molecule has 0 radical (unpaired) electrons. The van der Waals surface area contributed by atoms with Gasteiger partial charge in [-0.15, -0.1) is 0 Å². The van der Waals surface area contributed by atoms with Gasteiger partial charge in [-0.3, -0.25) is 9.59 Å². The van der Waals surface area contributed by atoms with Crippen molar-refractivity contribution in [3.63, 3.8) is 0 Å². The molecule has 9 heteroatoms. The number of hydrogen-bond donors (Lipinski definition) is 2. The molecule has 32 heavy (non-hydrogen) atoms. The summed E-state index contributed by atoms with van der Waals surface area (Å²) in [6.07, 6.45) is 0. The summed E-state index contributed by atoms with van der Waals surface area (Å²) in [5, 5.41) is 2.70. The van der Waals surface area contributed by atoms with E-state index in [-0.39, 0.29) is 29.1 Å². The molecule has 1 aliphatic heterocycles. The van der Waals surface area contributed by atoms with Crippen molar-refractivity contribution in [3.05, 3.63) is 59.4 Å². The maximum absolute atomic E-state index is 13.1. The molecule has 0 unspecified atom stereocenters. The lowest BCUT2D eigenvalue weighted by atomic mass is 9.86. The summed E-state index contributed by atoms with van der Waals surface area (Å²) in [5.41, 5.74) is 1.13. The largest absolute Gasteiger partial charge is 0.351 e. The summed E-state index contributed by atoms with van der Waals surface area (Å²) in [5.74, 6) is -1.30. The Bertz CT molecular complexity index is 1140. The van der Waals surface area contributed by atoms with E-state index < -0.39 is 27.4 Å². The van der Waals surface area contributed by atoms with E-state index in [4.69, 9.17) is 0 Å². The van der Waals surface area contributed by atoms with E-state index in [0.717, 1.165) is 0 Å². The number of amides is 2. The maximum Gasteiger partial charge on any atom is 0.241 e. The second-order valence-corrected chi connectivity index (χ2v) is 10.6. The number of sulfonamides is 1. The zero-order valence-electron chi connectivity index (χ0n) is 18.8. The molecule has 2 amide bonds. The standard InChI is InChI=1S/C23H28FN3O4S/c1-14(2)20(21(28)25-13-15-6-8-16(24)9-7-15)26-32(30,31)17-10-11-19-18(12-17)23(3,4)22(29)27(19)5/h6-12,14,20,26H,13H2,1-5H3,(H,25,28)/t20-/m1/s1. The van der Waals surface area contributed by atoms with Gasteiger partial charge in [0.25, 0.3) is 0 Å². The van der Waals surface area contributed by atoms with Crippen LogP contribution in [0, 0.1) is 11.7 Å². The van der Waals surface area contributed by atoms with Crippen LogP contribution in [0.3, 0.4) is 0 Å². The summed E-state index contributed by atoms with van der Waals surface area (Å²) in [6.45, 7) is 7.13. The molecule has 1 heterocycles. The molecule has 0 spiro atoms. The third kappa shape index (κ3) is 4.54. The zero-order chi connectivity index (χ0) is 23.8. The highest BCUT2D eigenvalue weighted by Crippen LogP contribution is 2.41. The number of anilines is 1. The van der Waals surface area contributed by atoms with Gasteiger partial charge in [-0.05, 0) is 61.2 Å². The van der Waals surface area contributed by atoms with Gasteiger partial charge in [0.2, 0.25) is 21.8 Å². The summed E-state index contributed by atoms with van der Waals surface area (Å²) < 4.78 is 41.8. The van der Waals surface area contributed by atoms with Crippen LogP contribution in [0.5, 0.6) is 0 Å². The third-order valence-electron chi connectivity index (χ3n) is 5.76. The molecule has 2 aromatic rings. The van der Waals surface area contributed by atoms with E-state index in [1.165, 1.54) is 29.2 Å². The van der Waals surface area contributed by atoms with Gasteiger partial charge in [0, 0.05) is 19.3 Å². The van der Waals surface area contributed by atoms with E-state index >= 15 is 0 Å². The summed E-state index contributed by atoms with van der Waals surface area (Å²) in [4.78, 5) is 26.7. The highest BCUT2D eigenvalue weighted by Gasteiger charge is 2.43. The van der Waals surface area contributed by atoms with Gasteiger partial charge in [0.15, 0.2) is 0 Å². The van der Waals surface area contributed by atoms with Crippen LogP contribution in [-0.2, 0) is 31.6 Å². The monoisotopic (exact) mass is 461 g/mol. The number of carbonyl (C=O) groups excluding carboxylic acids is 2. The number of nitrogens with one attached hydrogen (secondary N) is 2. The minimum atomic E-state index is -4.04. The molecule has 0 aromatic heterocycles. The van der Waals surface area contributed by atoms with E-state index in [1.54, 1.807) is 52.9 Å². The van der Waals surface area contributed by atoms with E-state index in [9.17, 15) is 22.4 Å². The van der Waals surface area contributed by atoms with Crippen LogP contribution in [0.25, 0.3) is 0 Å². The van der Waals surface area contributed by atoms with Crippen molar-refractivity contribution in [1.29, 1.82) is 0 Å². The average molecular weight is 462 g/mol. The minimum absolute atomic E-state index is 0.00981. The predicted octanol–water partition coefficient (Wildman–Crippen LogP) is 2.70. The number of hydrogen-bond acceptors (Lipinski definition) is 4. The van der Waals surface area contributed by atoms with Crippen LogP contribution in [0.2, 0.25) is 0 Å². The van der Waals surface area contributed by atoms with Crippen LogP contribution in [-0.4, -0.2) is 33.3 Å². The van der Waals surface area contributed by atoms with E-state index in [0.29, 0.717) is 16.8 Å². The molecule has 2 aromatic carbocycles. The number of benzene rings is 2. The molecule has 7 nitrogen and oxygen atoms in total. The van der Waals surface area contributed by atoms with Gasteiger partial charge in [0.1, 0.15) is 11.9 Å². The first-order chi connectivity index (χ1) is 14.8. The smallest absolute Gasteiger partial charge is 0.241 e. The van der Waals surface area contributed by atoms with Gasteiger partial charge in [-0.25, -0.2) is 12.8 Å². The third-order valence-corrected chi connectivity index (χ3v) is 7.20. The highest BCUT2D eigenvalue weighted by atomic mass is 32.2. The van der Waals surface area contributed by atoms with Crippen molar-refractivity contribution in [2.45, 2.75) is 50.6 Å². The summed E-state index contributed by atoms with van der Waals surface area (Å²) in [6, 6.07) is 9.21. The first-order valence-electron chi connectivity index (χ1n) is 10.3. The Balaban J connectivity index is 1.80. The number of rotatable bonds is 7. The van der Waals surface area contributed by atoms with Crippen molar-refractivity contribution >= 4 is 27.5 Å². The quantitative estimate of drug-likeness (QED) is 0.663. The Labute approximate surface area is 188 Å². The molecule has 1 aliphatic rings. The molecule has 3 rings (SSSR count). The molecule has 2 N–H and O–H groups in total. The Kier molecular flexibility index (Phi) is 6.44. The minimum Gasteiger partial charge on any atom is -0.351 e. The molecule has 0 fully saturated rings. The molecular weight excluding hydrogens is 433 g/mol. The number of nitrogens with zero attached hydrogens (tertiary/aromatic N) is 1. The van der Waals surface area contributed by atoms with Crippen LogP contribution in [0.15, 0.2) is 47.4 Å². The molecular formula is C23H28FN3O4S. The normalized spacial score (nSPS) is 16.2. The molecule has 172 valence electrons. The number of carbonyl (C=O) groups is 2. The van der Waals surface area contributed by atoms with Crippen LogP contribution < -0.4 is 14.9 Å². The molecule has 0 aliphatic carbocycles. The highest BCUT2D eigenvalue weighted by molar-refractivity contribution is 7.89. The van der Waals surface area contributed by atoms with Gasteiger partial charge >= 0.3 is 0 Å². The fraction of sp³-hybridized carbons (Fsp3) is 0.391. The molecule has 0 bridgehead atoms. The summed E-state index contributed by atoms with van der Waals surface area (Å²) >= 11 is 0. The van der Waals surface area contributed by atoms with Crippen molar-refractivity contribution < 1.29 is 22.4 Å². The lowest BCUT2D eigenvalue weighted by molar-refractivity contribution is -0.124. The fourth-order valence-electron chi connectivity index (χ4n) is 3.75. The summed E-state index contributed by atoms with van der Waals surface area (Å²) in [7, 11) is -2.38. The van der Waals surface area contributed by atoms with Crippen molar-refractivity contribution in [2.24, 2.45) is 5.92 Å². The topological polar surface area (TPSA) is 95.6 Å². The first-order valence-corrected chi connectivity index (χ1v) is 11.8. The number of likely N-dealkylation sites (N-methyl/N-ethyl adjacent to an activating group) is 1. The Hall–Kier alpha value is -2.78. The number of fused-ring (bicyclic) bond motifs is 1. The van der Waals surface area contributed by atoms with Gasteiger partial charge in [-0.2, -0.15) is 4.72 Å². The molecule has 1 atom stereocenters. The lowest BCUT2D eigenvalue weighted by Gasteiger charge is -2.22. The van der Waals surface area contributed by atoms with Crippen LogP contribution in [0.1, 0.15) is 38.8 Å². The SMILES string of the molecule is CC(C)[C@@H](NS(=O)(=O)c1ccc2c(c1)C(C)(C)C(=O)N2C)C(=O)NCc1ccc(F)cc1. The van der Waals surface area contributed by atoms with Crippen LogP contribution >= 0.6 is 0 Å². The Morgan fingerprint density at radius 3 is 2.34 bits per heavy atom. The van der Waals surface area contributed by atoms with Gasteiger partial charge < -0.3 is 10.2 Å². The molecule has 0 saturated heterocycles. The van der Waals surface area contributed by atoms with Crippen molar-refractivity contribution in [1.82, 2.24) is 10.0 Å². The van der Waals surface area contributed by atoms with E-state index in [2.05, 4.69) is 10.0 Å². The first kappa shape index (κ1) is 23.9. The average Bonchev–Trinajstić information content (AvgIpc) is 2.91. The predicted molar refractivity (Wildman–Crippen MR) is 120 cm³/mol. The molecule has 0 saturated carbocycles.